The van der Waals surface area contributed by atoms with Crippen molar-refractivity contribution in [3.05, 3.63) is 111 Å². The fourth-order valence-electron chi connectivity index (χ4n) is 3.47. The average molecular weight is 449 g/mol. The molecule has 4 aromatic rings. The van der Waals surface area contributed by atoms with Crippen LogP contribution in [0.1, 0.15) is 38.0 Å². The van der Waals surface area contributed by atoms with E-state index >= 15 is 0 Å². The number of hydrogen-bond acceptors (Lipinski definition) is 3. The van der Waals surface area contributed by atoms with Gasteiger partial charge < -0.3 is 5.32 Å². The minimum absolute atomic E-state index is 0.121. The van der Waals surface area contributed by atoms with Gasteiger partial charge in [0, 0.05) is 32.7 Å². The number of carbonyl (C=O) groups is 1. The molecule has 0 aliphatic carbocycles. The monoisotopic (exact) mass is 448 g/mol. The van der Waals surface area contributed by atoms with E-state index in [1.807, 2.05) is 79.0 Å². The molecule has 0 aliphatic heterocycles. The van der Waals surface area contributed by atoms with Gasteiger partial charge in [0.05, 0.1) is 6.20 Å². The summed E-state index contributed by atoms with van der Waals surface area (Å²) in [6.45, 7) is 4.17. The summed E-state index contributed by atoms with van der Waals surface area (Å²) in [7, 11) is 0. The summed E-state index contributed by atoms with van der Waals surface area (Å²) in [6, 6.07) is 22.8. The molecule has 0 saturated heterocycles. The van der Waals surface area contributed by atoms with Crippen LogP contribution in [-0.2, 0) is 0 Å². The molecular formula is C25H23ClN3OS+. The quantitative estimate of drug-likeness (QED) is 0.364. The number of pyridine rings is 1. The van der Waals surface area contributed by atoms with E-state index in [0.29, 0.717) is 10.6 Å². The fraction of sp³-hybridized carbons (Fsp3) is 0.120. The molecule has 1 amide bonds. The Kier molecular flexibility index (Phi) is 6.35. The van der Waals surface area contributed by atoms with Crippen molar-refractivity contribution in [1.29, 1.82) is 0 Å². The van der Waals surface area contributed by atoms with Crippen LogP contribution in [-0.4, -0.2) is 5.91 Å². The topological polar surface area (TPSA) is 55.3 Å². The highest BCUT2D eigenvalue weighted by atomic mass is 35.5. The van der Waals surface area contributed by atoms with Crippen molar-refractivity contribution < 1.29 is 9.78 Å². The van der Waals surface area contributed by atoms with Crippen molar-refractivity contribution in [1.82, 2.24) is 0 Å². The van der Waals surface area contributed by atoms with Crippen molar-refractivity contribution >= 4 is 39.7 Å². The van der Waals surface area contributed by atoms with Crippen molar-refractivity contribution in [2.24, 2.45) is 0 Å². The lowest BCUT2D eigenvalue weighted by Gasteiger charge is -2.18. The molecule has 3 N–H and O–H groups in total. The highest BCUT2D eigenvalue weighted by Crippen LogP contribution is 2.41. The Hall–Kier alpha value is -3.15. The lowest BCUT2D eigenvalue weighted by Crippen LogP contribution is -2.21. The number of hydrogen-bond donors (Lipinski definition) is 2. The van der Waals surface area contributed by atoms with E-state index in [0.717, 1.165) is 32.4 Å². The van der Waals surface area contributed by atoms with Gasteiger partial charge in [-0.05, 0) is 49.7 Å². The van der Waals surface area contributed by atoms with E-state index in [9.17, 15) is 4.79 Å². The average Bonchev–Trinajstić information content (AvgIpc) is 3.07. The molecule has 0 fully saturated rings. The molecule has 6 heteroatoms. The summed E-state index contributed by atoms with van der Waals surface area (Å²) in [4.78, 5) is 17.3. The van der Waals surface area contributed by atoms with Crippen LogP contribution in [0.4, 0.5) is 10.8 Å². The zero-order valence-electron chi connectivity index (χ0n) is 17.3. The van der Waals surface area contributed by atoms with Crippen LogP contribution in [0.25, 0.3) is 0 Å². The normalized spacial score (nSPS) is 11.7. The summed E-state index contributed by atoms with van der Waals surface area (Å²) in [6.07, 6.45) is 1.88. The van der Waals surface area contributed by atoms with Crippen molar-refractivity contribution in [2.45, 2.75) is 19.9 Å². The molecule has 0 aliphatic rings. The molecule has 2 aromatic carbocycles. The molecule has 0 radical (unpaired) electrons. The van der Waals surface area contributed by atoms with Crippen LogP contribution in [0, 0.1) is 13.8 Å². The third kappa shape index (κ3) is 4.79. The first-order valence-electron chi connectivity index (χ1n) is 9.98. The SMILES string of the molecule is Cc1sc(NC(=O)c2ccccc2)c([C@@H](Nc2cccc[nH+]2)c2ccc(Cl)cc2)c1C. The Morgan fingerprint density at radius 2 is 1.68 bits per heavy atom. The van der Waals surface area contributed by atoms with Gasteiger partial charge in [-0.1, -0.05) is 48.0 Å². The van der Waals surface area contributed by atoms with Crippen LogP contribution >= 0.6 is 22.9 Å². The van der Waals surface area contributed by atoms with Crippen molar-refractivity contribution in [3.63, 3.8) is 0 Å². The van der Waals surface area contributed by atoms with Crippen molar-refractivity contribution in [3.8, 4) is 0 Å². The van der Waals surface area contributed by atoms with E-state index in [1.54, 1.807) is 11.3 Å². The molecule has 31 heavy (non-hydrogen) atoms. The number of rotatable bonds is 6. The second kappa shape index (κ2) is 9.33. The maximum atomic E-state index is 12.9. The molecule has 4 nitrogen and oxygen atoms in total. The fourth-order valence-corrected chi connectivity index (χ4v) is 4.69. The van der Waals surface area contributed by atoms with Crippen LogP contribution in [0.3, 0.4) is 0 Å². The molecule has 156 valence electrons. The molecule has 0 bridgehead atoms. The van der Waals surface area contributed by atoms with E-state index < -0.39 is 0 Å². The minimum Gasteiger partial charge on any atom is -0.313 e. The molecule has 1 atom stereocenters. The van der Waals surface area contributed by atoms with Gasteiger partial charge in [0.2, 0.25) is 0 Å². The highest BCUT2D eigenvalue weighted by molar-refractivity contribution is 7.16. The van der Waals surface area contributed by atoms with E-state index in [-0.39, 0.29) is 11.9 Å². The molecule has 0 saturated carbocycles. The van der Waals surface area contributed by atoms with Crippen LogP contribution in [0.15, 0.2) is 79.0 Å². The number of amides is 1. The maximum absolute atomic E-state index is 12.9. The molecule has 4 rings (SSSR count). The van der Waals surface area contributed by atoms with Gasteiger partial charge in [0.15, 0.2) is 0 Å². The summed E-state index contributed by atoms with van der Waals surface area (Å²) in [5.74, 6) is 0.760. The lowest BCUT2D eigenvalue weighted by atomic mass is 9.96. The number of aromatic amines is 1. The van der Waals surface area contributed by atoms with Gasteiger partial charge in [0.1, 0.15) is 11.0 Å². The van der Waals surface area contributed by atoms with Crippen LogP contribution in [0.5, 0.6) is 0 Å². The second-order valence-corrected chi connectivity index (χ2v) is 8.91. The summed E-state index contributed by atoms with van der Waals surface area (Å²) >= 11 is 7.74. The lowest BCUT2D eigenvalue weighted by molar-refractivity contribution is -0.361. The zero-order valence-corrected chi connectivity index (χ0v) is 18.8. The van der Waals surface area contributed by atoms with Gasteiger partial charge in [0.25, 0.3) is 11.7 Å². The van der Waals surface area contributed by atoms with Gasteiger partial charge in [-0.2, -0.15) is 0 Å². The first kappa shape index (κ1) is 21.1. The van der Waals surface area contributed by atoms with E-state index in [2.05, 4.69) is 29.5 Å². The van der Waals surface area contributed by atoms with Gasteiger partial charge >= 0.3 is 0 Å². The number of H-pyrrole nitrogens is 1. The second-order valence-electron chi connectivity index (χ2n) is 7.25. The predicted molar refractivity (Wildman–Crippen MR) is 128 cm³/mol. The zero-order chi connectivity index (χ0) is 21.8. The third-order valence-electron chi connectivity index (χ3n) is 5.20. The standard InChI is InChI=1S/C25H22ClN3OS/c1-16-17(2)31-25(29-24(30)19-8-4-3-5-9-19)22(16)23(18-11-13-20(26)14-12-18)28-21-10-6-7-15-27-21/h3-15,23H,1-2H3,(H,27,28)(H,29,30)/p+1/t23-/m0/s1. The molecule has 0 unspecified atom stereocenters. The highest BCUT2D eigenvalue weighted by Gasteiger charge is 2.28. The number of aromatic nitrogens is 1. The van der Waals surface area contributed by atoms with Crippen LogP contribution < -0.4 is 15.6 Å². The number of anilines is 2. The number of thiophene rings is 1. The minimum atomic E-state index is -0.174. The Bertz CT molecular complexity index is 1170. The number of benzene rings is 2. The Balaban J connectivity index is 1.77. The molecule has 0 spiro atoms. The van der Waals surface area contributed by atoms with Crippen LogP contribution in [0.2, 0.25) is 5.02 Å². The van der Waals surface area contributed by atoms with E-state index in [4.69, 9.17) is 11.6 Å². The number of aryl methyl sites for hydroxylation is 1. The number of nitrogens with one attached hydrogen (secondary N) is 3. The van der Waals surface area contributed by atoms with E-state index in [1.165, 1.54) is 0 Å². The predicted octanol–water partition coefficient (Wildman–Crippen LogP) is 6.29. The van der Waals surface area contributed by atoms with Gasteiger partial charge in [-0.15, -0.1) is 11.3 Å². The number of halogens is 1. The summed E-state index contributed by atoms with van der Waals surface area (Å²) < 4.78 is 0. The van der Waals surface area contributed by atoms with Gasteiger partial charge in [-0.25, -0.2) is 4.98 Å². The van der Waals surface area contributed by atoms with Crippen molar-refractivity contribution in [2.75, 3.05) is 10.6 Å². The molecular weight excluding hydrogens is 426 g/mol. The summed E-state index contributed by atoms with van der Waals surface area (Å²) in [5, 5.41) is 8.26. The summed E-state index contributed by atoms with van der Waals surface area (Å²) in [5.41, 5.74) is 3.88. The molecule has 2 aromatic heterocycles. The van der Waals surface area contributed by atoms with Gasteiger partial charge in [-0.3, -0.25) is 10.1 Å². The molecule has 2 heterocycles. The largest absolute Gasteiger partial charge is 0.313 e. The number of carbonyl (C=O) groups excluding carboxylic acids is 1. The Labute approximate surface area is 190 Å². The smallest absolute Gasteiger partial charge is 0.272 e. The first-order chi connectivity index (χ1) is 15.0. The Morgan fingerprint density at radius 1 is 0.968 bits per heavy atom. The third-order valence-corrected chi connectivity index (χ3v) is 6.59. The maximum Gasteiger partial charge on any atom is 0.272 e. The Morgan fingerprint density at radius 3 is 2.35 bits per heavy atom. The first-order valence-corrected chi connectivity index (χ1v) is 11.2.